The summed E-state index contributed by atoms with van der Waals surface area (Å²) in [6.45, 7) is 4.19. The lowest BCUT2D eigenvalue weighted by molar-refractivity contribution is 0.747. The van der Waals surface area contributed by atoms with Crippen LogP contribution in [0.4, 0.5) is 0 Å². The number of aromatic amines is 1. The molecule has 0 aliphatic heterocycles. The number of rotatable bonds is 5. The van der Waals surface area contributed by atoms with Crippen molar-refractivity contribution in [3.8, 4) is 5.69 Å². The predicted octanol–water partition coefficient (Wildman–Crippen LogP) is 2.63. The minimum absolute atomic E-state index is 0.182. The normalized spacial score (nSPS) is 14.0. The maximum absolute atomic E-state index is 11.1. The van der Waals surface area contributed by atoms with Crippen LogP contribution < -0.4 is 5.56 Å². The second-order valence-corrected chi connectivity index (χ2v) is 6.83. The summed E-state index contributed by atoms with van der Waals surface area (Å²) in [5.74, 6) is 2.40. The maximum atomic E-state index is 11.1. The van der Waals surface area contributed by atoms with Gasteiger partial charge in [-0.15, -0.1) is 0 Å². The Labute approximate surface area is 145 Å². The highest BCUT2D eigenvalue weighted by molar-refractivity contribution is 5.39. The first-order valence-corrected chi connectivity index (χ1v) is 8.67. The van der Waals surface area contributed by atoms with Crippen molar-refractivity contribution >= 4 is 0 Å². The first kappa shape index (κ1) is 15.7. The molecule has 1 N–H and O–H groups in total. The lowest BCUT2D eigenvalue weighted by Crippen LogP contribution is -2.10. The lowest BCUT2D eigenvalue weighted by Gasteiger charge is -2.08. The van der Waals surface area contributed by atoms with Crippen LogP contribution in [0.5, 0.6) is 0 Å². The van der Waals surface area contributed by atoms with Crippen LogP contribution in [0.25, 0.3) is 5.69 Å². The van der Waals surface area contributed by atoms with Gasteiger partial charge in [-0.25, -0.2) is 14.8 Å². The molecule has 6 nitrogen and oxygen atoms in total. The Morgan fingerprint density at radius 3 is 2.52 bits per heavy atom. The SMILES string of the molecule is Cc1cc(C)cc(-n2nc(C3CC3)nc2CCc2ccc(=O)[nH]n2)c1. The van der Waals surface area contributed by atoms with Crippen LogP contribution in [0.3, 0.4) is 0 Å². The van der Waals surface area contributed by atoms with Crippen LogP contribution in [-0.4, -0.2) is 25.0 Å². The largest absolute Gasteiger partial charge is 0.268 e. The Kier molecular flexibility index (Phi) is 3.95. The molecule has 4 rings (SSSR count). The Balaban J connectivity index is 1.65. The highest BCUT2D eigenvalue weighted by atomic mass is 16.1. The monoisotopic (exact) mass is 335 g/mol. The summed E-state index contributed by atoms with van der Waals surface area (Å²) in [5.41, 5.74) is 4.15. The van der Waals surface area contributed by atoms with Gasteiger partial charge in [0, 0.05) is 18.4 Å². The topological polar surface area (TPSA) is 76.5 Å². The molecule has 1 aromatic carbocycles. The Morgan fingerprint density at radius 2 is 1.88 bits per heavy atom. The zero-order valence-electron chi connectivity index (χ0n) is 14.5. The van der Waals surface area contributed by atoms with Crippen molar-refractivity contribution in [3.05, 3.63) is 69.2 Å². The van der Waals surface area contributed by atoms with E-state index in [0.29, 0.717) is 12.3 Å². The highest BCUT2D eigenvalue weighted by Gasteiger charge is 2.29. The van der Waals surface area contributed by atoms with E-state index >= 15 is 0 Å². The van der Waals surface area contributed by atoms with Gasteiger partial charge >= 0.3 is 0 Å². The van der Waals surface area contributed by atoms with E-state index in [9.17, 15) is 4.79 Å². The van der Waals surface area contributed by atoms with Gasteiger partial charge in [-0.1, -0.05) is 6.07 Å². The summed E-state index contributed by atoms with van der Waals surface area (Å²) >= 11 is 0. The first-order chi connectivity index (χ1) is 12.1. The van der Waals surface area contributed by atoms with Crippen LogP contribution >= 0.6 is 0 Å². The van der Waals surface area contributed by atoms with Crippen molar-refractivity contribution in [1.82, 2.24) is 25.0 Å². The molecule has 0 saturated heterocycles. The van der Waals surface area contributed by atoms with Gasteiger partial charge in [0.05, 0.1) is 11.4 Å². The fourth-order valence-electron chi connectivity index (χ4n) is 3.07. The second-order valence-electron chi connectivity index (χ2n) is 6.83. The molecule has 25 heavy (non-hydrogen) atoms. The second kappa shape index (κ2) is 6.27. The third kappa shape index (κ3) is 3.52. The van der Waals surface area contributed by atoms with E-state index in [2.05, 4.69) is 42.2 Å². The number of nitrogens with zero attached hydrogens (tertiary/aromatic N) is 4. The van der Waals surface area contributed by atoms with Gasteiger partial charge < -0.3 is 0 Å². The first-order valence-electron chi connectivity index (χ1n) is 8.67. The van der Waals surface area contributed by atoms with Crippen molar-refractivity contribution in [2.24, 2.45) is 0 Å². The summed E-state index contributed by atoms with van der Waals surface area (Å²) in [5, 5.41) is 11.3. The predicted molar refractivity (Wildman–Crippen MR) is 95.1 cm³/mol. The highest BCUT2D eigenvalue weighted by Crippen LogP contribution is 2.38. The van der Waals surface area contributed by atoms with Crippen molar-refractivity contribution in [2.45, 2.75) is 45.4 Å². The van der Waals surface area contributed by atoms with Gasteiger partial charge in [0.2, 0.25) is 0 Å². The molecular formula is C19H21N5O. The number of benzene rings is 1. The van der Waals surface area contributed by atoms with E-state index in [1.807, 2.05) is 4.68 Å². The third-order valence-electron chi connectivity index (χ3n) is 4.43. The van der Waals surface area contributed by atoms with Gasteiger partial charge in [0.25, 0.3) is 5.56 Å². The van der Waals surface area contributed by atoms with Gasteiger partial charge in [-0.2, -0.15) is 10.2 Å². The smallest absolute Gasteiger partial charge is 0.264 e. The summed E-state index contributed by atoms with van der Waals surface area (Å²) in [7, 11) is 0. The van der Waals surface area contributed by atoms with Crippen LogP contribution in [0.15, 0.2) is 35.1 Å². The number of hydrogen-bond acceptors (Lipinski definition) is 4. The summed E-state index contributed by atoms with van der Waals surface area (Å²) < 4.78 is 1.97. The Bertz CT molecular complexity index is 927. The molecule has 0 radical (unpaired) electrons. The summed E-state index contributed by atoms with van der Waals surface area (Å²) in [6, 6.07) is 9.71. The van der Waals surface area contributed by atoms with E-state index in [0.717, 1.165) is 29.5 Å². The molecule has 1 fully saturated rings. The zero-order valence-corrected chi connectivity index (χ0v) is 14.5. The summed E-state index contributed by atoms with van der Waals surface area (Å²) in [6.07, 6.45) is 3.80. The van der Waals surface area contributed by atoms with Crippen LogP contribution in [0, 0.1) is 13.8 Å². The molecule has 2 heterocycles. The van der Waals surface area contributed by atoms with E-state index in [4.69, 9.17) is 10.1 Å². The standard InChI is InChI=1S/C19H21N5O/c1-12-9-13(2)11-16(10-12)24-17(20-19(23-24)14-3-4-14)7-5-15-6-8-18(25)22-21-15/h6,8-11,14H,3-5,7H2,1-2H3,(H,22,25). The number of aryl methyl sites for hydroxylation is 4. The molecule has 1 aliphatic rings. The number of aromatic nitrogens is 5. The van der Waals surface area contributed by atoms with Crippen LogP contribution in [-0.2, 0) is 12.8 Å². The number of hydrogen-bond donors (Lipinski definition) is 1. The molecular weight excluding hydrogens is 314 g/mol. The van der Waals surface area contributed by atoms with E-state index in [1.165, 1.54) is 30.0 Å². The van der Waals surface area contributed by atoms with Gasteiger partial charge in [-0.05, 0) is 62.4 Å². The Hall–Kier alpha value is -2.76. The third-order valence-corrected chi connectivity index (χ3v) is 4.43. The van der Waals surface area contributed by atoms with Crippen molar-refractivity contribution in [2.75, 3.05) is 0 Å². The molecule has 1 aliphatic carbocycles. The van der Waals surface area contributed by atoms with Crippen LogP contribution in [0.1, 0.15) is 47.2 Å². The molecule has 3 aromatic rings. The molecule has 128 valence electrons. The molecule has 6 heteroatoms. The maximum Gasteiger partial charge on any atom is 0.264 e. The van der Waals surface area contributed by atoms with Gasteiger partial charge in [0.1, 0.15) is 5.82 Å². The molecule has 0 atom stereocenters. The molecule has 0 spiro atoms. The van der Waals surface area contributed by atoms with E-state index < -0.39 is 0 Å². The van der Waals surface area contributed by atoms with Gasteiger partial charge in [0.15, 0.2) is 5.82 Å². The Morgan fingerprint density at radius 1 is 1.12 bits per heavy atom. The average molecular weight is 335 g/mol. The fourth-order valence-corrected chi connectivity index (χ4v) is 3.07. The minimum atomic E-state index is -0.182. The molecule has 1 saturated carbocycles. The minimum Gasteiger partial charge on any atom is -0.268 e. The lowest BCUT2D eigenvalue weighted by atomic mass is 10.1. The average Bonchev–Trinajstić information content (AvgIpc) is 3.33. The molecule has 0 unspecified atom stereocenters. The number of nitrogens with one attached hydrogen (secondary N) is 1. The molecule has 0 amide bonds. The van der Waals surface area contributed by atoms with Crippen molar-refractivity contribution in [3.63, 3.8) is 0 Å². The fraction of sp³-hybridized carbons (Fsp3) is 0.368. The molecule has 0 bridgehead atoms. The van der Waals surface area contributed by atoms with Crippen LogP contribution in [0.2, 0.25) is 0 Å². The number of H-pyrrole nitrogens is 1. The quantitative estimate of drug-likeness (QED) is 0.777. The van der Waals surface area contributed by atoms with E-state index in [-0.39, 0.29) is 5.56 Å². The zero-order chi connectivity index (χ0) is 17.4. The van der Waals surface area contributed by atoms with E-state index in [1.54, 1.807) is 6.07 Å². The molecule has 2 aromatic heterocycles. The van der Waals surface area contributed by atoms with Crippen molar-refractivity contribution in [1.29, 1.82) is 0 Å². The van der Waals surface area contributed by atoms with Gasteiger partial charge in [-0.3, -0.25) is 4.79 Å². The van der Waals surface area contributed by atoms with Crippen molar-refractivity contribution < 1.29 is 0 Å². The summed E-state index contributed by atoms with van der Waals surface area (Å²) in [4.78, 5) is 15.9.